The maximum absolute atomic E-state index is 9.57. The monoisotopic (exact) mass is 216 g/mol. The Kier molecular flexibility index (Phi) is 3.22. The molecule has 0 aliphatic carbocycles. The summed E-state index contributed by atoms with van der Waals surface area (Å²) < 4.78 is 1.84. The highest BCUT2D eigenvalue weighted by molar-refractivity contribution is 6.31. The van der Waals surface area contributed by atoms with E-state index >= 15 is 0 Å². The number of aliphatic hydroxyl groups is 1. The molecule has 14 heavy (non-hydrogen) atoms. The van der Waals surface area contributed by atoms with E-state index < -0.39 is 5.60 Å². The van der Waals surface area contributed by atoms with E-state index in [0.717, 1.165) is 16.4 Å². The molecule has 0 aliphatic rings. The lowest BCUT2D eigenvalue weighted by atomic mass is 10.1. The third-order valence-electron chi connectivity index (χ3n) is 2.23. The average Bonchev–Trinajstić information content (AvgIpc) is 2.28. The average molecular weight is 217 g/mol. The number of aryl methyl sites for hydroxylation is 2. The summed E-state index contributed by atoms with van der Waals surface area (Å²) in [4.78, 5) is 0. The molecular weight excluding hydrogens is 200 g/mol. The fourth-order valence-corrected chi connectivity index (χ4v) is 1.41. The van der Waals surface area contributed by atoms with Crippen LogP contribution in [0.25, 0.3) is 0 Å². The Morgan fingerprint density at radius 3 is 2.36 bits per heavy atom. The molecule has 0 aliphatic heterocycles. The van der Waals surface area contributed by atoms with Gasteiger partial charge < -0.3 is 5.11 Å². The summed E-state index contributed by atoms with van der Waals surface area (Å²) in [6.07, 6.45) is 0.672. The van der Waals surface area contributed by atoms with Gasteiger partial charge in [-0.05, 0) is 34.1 Å². The molecule has 3 nitrogen and oxygen atoms in total. The lowest BCUT2D eigenvalue weighted by Crippen LogP contribution is -2.21. The Bertz CT molecular complexity index is 326. The molecule has 1 N–H and O–H groups in total. The Morgan fingerprint density at radius 2 is 2.00 bits per heavy atom. The number of rotatable bonds is 3. The van der Waals surface area contributed by atoms with E-state index in [2.05, 4.69) is 5.10 Å². The zero-order valence-electron chi connectivity index (χ0n) is 9.13. The molecule has 0 aromatic carbocycles. The van der Waals surface area contributed by atoms with Crippen LogP contribution in [0.15, 0.2) is 0 Å². The van der Waals surface area contributed by atoms with Crippen molar-refractivity contribution in [2.45, 2.75) is 46.3 Å². The van der Waals surface area contributed by atoms with Crippen LogP contribution in [0.3, 0.4) is 0 Å². The second-order valence-electron chi connectivity index (χ2n) is 4.27. The third-order valence-corrected chi connectivity index (χ3v) is 2.78. The van der Waals surface area contributed by atoms with Crippen molar-refractivity contribution < 1.29 is 5.11 Å². The van der Waals surface area contributed by atoms with E-state index in [9.17, 15) is 5.11 Å². The summed E-state index contributed by atoms with van der Waals surface area (Å²) in [7, 11) is 0. The summed E-state index contributed by atoms with van der Waals surface area (Å²) >= 11 is 6.00. The summed E-state index contributed by atoms with van der Waals surface area (Å²) in [5.74, 6) is 0. The second kappa shape index (κ2) is 3.91. The highest BCUT2D eigenvalue weighted by Crippen LogP contribution is 2.20. The Labute approximate surface area is 89.7 Å². The normalized spacial score (nSPS) is 12.1. The van der Waals surface area contributed by atoms with Gasteiger partial charge in [-0.2, -0.15) is 5.10 Å². The molecular formula is C10H17ClN2O. The number of nitrogens with zero attached hydrogens (tertiary/aromatic N) is 2. The fraction of sp³-hybridized carbons (Fsp3) is 0.700. The standard InChI is InChI=1S/C10H17ClN2O/c1-7-9(11)8(2)13(12-7)6-5-10(3,4)14/h14H,5-6H2,1-4H3. The van der Waals surface area contributed by atoms with Crippen LogP contribution >= 0.6 is 11.6 Å². The van der Waals surface area contributed by atoms with Crippen LogP contribution in [0.1, 0.15) is 31.7 Å². The molecule has 1 aromatic rings. The molecule has 0 spiro atoms. The third kappa shape index (κ3) is 2.72. The second-order valence-corrected chi connectivity index (χ2v) is 4.65. The Balaban J connectivity index is 2.73. The first-order chi connectivity index (χ1) is 6.31. The Hall–Kier alpha value is -0.540. The van der Waals surface area contributed by atoms with Gasteiger partial charge in [0.1, 0.15) is 0 Å². The molecule has 0 fully saturated rings. The topological polar surface area (TPSA) is 38.0 Å². The molecule has 1 rings (SSSR count). The van der Waals surface area contributed by atoms with Crippen LogP contribution in [0.4, 0.5) is 0 Å². The summed E-state index contributed by atoms with van der Waals surface area (Å²) in [6, 6.07) is 0. The van der Waals surface area contributed by atoms with Gasteiger partial charge in [0.05, 0.1) is 22.0 Å². The van der Waals surface area contributed by atoms with Crippen LogP contribution in [0, 0.1) is 13.8 Å². The summed E-state index contributed by atoms with van der Waals surface area (Å²) in [6.45, 7) is 8.10. The summed E-state index contributed by atoms with van der Waals surface area (Å²) in [5, 5.41) is 14.6. The van der Waals surface area contributed by atoms with Crippen molar-refractivity contribution in [1.82, 2.24) is 9.78 Å². The molecule has 0 bridgehead atoms. The van der Waals surface area contributed by atoms with Crippen molar-refractivity contribution in [1.29, 1.82) is 0 Å². The first kappa shape index (κ1) is 11.5. The van der Waals surface area contributed by atoms with Gasteiger partial charge in [0, 0.05) is 6.54 Å². The van der Waals surface area contributed by atoms with E-state index in [1.165, 1.54) is 0 Å². The molecule has 0 amide bonds. The van der Waals surface area contributed by atoms with Gasteiger partial charge in [0.15, 0.2) is 0 Å². The van der Waals surface area contributed by atoms with Gasteiger partial charge in [-0.25, -0.2) is 0 Å². The smallest absolute Gasteiger partial charge is 0.0844 e. The van der Waals surface area contributed by atoms with Gasteiger partial charge in [-0.15, -0.1) is 0 Å². The van der Waals surface area contributed by atoms with Crippen LogP contribution in [0.5, 0.6) is 0 Å². The van der Waals surface area contributed by atoms with E-state index in [1.54, 1.807) is 13.8 Å². The van der Waals surface area contributed by atoms with Gasteiger partial charge in [0.25, 0.3) is 0 Å². The lowest BCUT2D eigenvalue weighted by Gasteiger charge is -2.17. The van der Waals surface area contributed by atoms with E-state index in [1.807, 2.05) is 18.5 Å². The first-order valence-corrected chi connectivity index (χ1v) is 5.11. The Morgan fingerprint density at radius 1 is 1.43 bits per heavy atom. The van der Waals surface area contributed by atoms with E-state index in [-0.39, 0.29) is 0 Å². The molecule has 0 atom stereocenters. The maximum atomic E-state index is 9.57. The van der Waals surface area contributed by atoms with Crippen molar-refractivity contribution in [2.75, 3.05) is 0 Å². The van der Waals surface area contributed by atoms with Crippen LogP contribution in [-0.2, 0) is 6.54 Å². The zero-order chi connectivity index (χ0) is 10.9. The number of hydrogen-bond donors (Lipinski definition) is 1. The quantitative estimate of drug-likeness (QED) is 0.842. The molecule has 0 saturated heterocycles. The molecule has 1 aromatic heterocycles. The predicted molar refractivity (Wildman–Crippen MR) is 57.6 cm³/mol. The van der Waals surface area contributed by atoms with Gasteiger partial charge in [-0.1, -0.05) is 11.6 Å². The van der Waals surface area contributed by atoms with Gasteiger partial charge in [-0.3, -0.25) is 4.68 Å². The van der Waals surface area contributed by atoms with Crippen molar-refractivity contribution in [2.24, 2.45) is 0 Å². The number of aromatic nitrogens is 2. The summed E-state index contributed by atoms with van der Waals surface area (Å²) in [5.41, 5.74) is 1.16. The van der Waals surface area contributed by atoms with Crippen LogP contribution in [-0.4, -0.2) is 20.5 Å². The van der Waals surface area contributed by atoms with Crippen molar-refractivity contribution >= 4 is 11.6 Å². The molecule has 0 radical (unpaired) electrons. The van der Waals surface area contributed by atoms with Crippen molar-refractivity contribution in [3.05, 3.63) is 16.4 Å². The van der Waals surface area contributed by atoms with E-state index in [4.69, 9.17) is 11.6 Å². The van der Waals surface area contributed by atoms with E-state index in [0.29, 0.717) is 13.0 Å². The van der Waals surface area contributed by atoms with Crippen LogP contribution in [0.2, 0.25) is 5.02 Å². The fourth-order valence-electron chi connectivity index (χ4n) is 1.27. The molecule has 4 heteroatoms. The molecule has 1 heterocycles. The predicted octanol–water partition coefficient (Wildman–Crippen LogP) is 2.31. The SMILES string of the molecule is Cc1nn(CCC(C)(C)O)c(C)c1Cl. The highest BCUT2D eigenvalue weighted by atomic mass is 35.5. The highest BCUT2D eigenvalue weighted by Gasteiger charge is 2.15. The minimum absolute atomic E-state index is 0.654. The minimum Gasteiger partial charge on any atom is -0.390 e. The molecule has 80 valence electrons. The number of halogens is 1. The minimum atomic E-state index is -0.654. The van der Waals surface area contributed by atoms with Crippen molar-refractivity contribution in [3.8, 4) is 0 Å². The van der Waals surface area contributed by atoms with Gasteiger partial charge >= 0.3 is 0 Å². The van der Waals surface area contributed by atoms with Crippen molar-refractivity contribution in [3.63, 3.8) is 0 Å². The zero-order valence-corrected chi connectivity index (χ0v) is 9.89. The van der Waals surface area contributed by atoms with Gasteiger partial charge in [0.2, 0.25) is 0 Å². The maximum Gasteiger partial charge on any atom is 0.0844 e. The van der Waals surface area contributed by atoms with Crippen LogP contribution < -0.4 is 0 Å². The molecule has 0 saturated carbocycles. The lowest BCUT2D eigenvalue weighted by molar-refractivity contribution is 0.0649. The first-order valence-electron chi connectivity index (χ1n) is 4.73. The largest absolute Gasteiger partial charge is 0.390 e. The molecule has 0 unspecified atom stereocenters. The number of hydrogen-bond acceptors (Lipinski definition) is 2.